The first-order valence-corrected chi connectivity index (χ1v) is 5.31. The number of rotatable bonds is 5. The van der Waals surface area contributed by atoms with E-state index >= 15 is 0 Å². The quantitative estimate of drug-likeness (QED) is 0.578. The van der Waals surface area contributed by atoms with Crippen molar-refractivity contribution in [3.05, 3.63) is 0 Å². The number of aldehydes is 1. The van der Waals surface area contributed by atoms with Gasteiger partial charge in [-0.25, -0.2) is 9.59 Å². The Morgan fingerprint density at radius 3 is 2.35 bits per heavy atom. The number of ether oxygens (including phenoxy) is 2. The molecule has 0 bridgehead atoms. The van der Waals surface area contributed by atoms with Gasteiger partial charge in [0.2, 0.25) is 0 Å². The van der Waals surface area contributed by atoms with Gasteiger partial charge in [-0.3, -0.25) is 0 Å². The van der Waals surface area contributed by atoms with Crippen molar-refractivity contribution in [2.75, 3.05) is 7.11 Å². The smallest absolute Gasteiger partial charge is 0.408 e. The maximum atomic E-state index is 11.4. The Hall–Kier alpha value is -1.59. The zero-order valence-corrected chi connectivity index (χ0v) is 10.6. The summed E-state index contributed by atoms with van der Waals surface area (Å²) >= 11 is 0. The molecule has 0 aliphatic heterocycles. The van der Waals surface area contributed by atoms with Crippen LogP contribution in [0, 0.1) is 0 Å². The van der Waals surface area contributed by atoms with Gasteiger partial charge in [0.15, 0.2) is 0 Å². The van der Waals surface area contributed by atoms with E-state index in [0.29, 0.717) is 6.29 Å². The second-order valence-electron chi connectivity index (χ2n) is 4.47. The van der Waals surface area contributed by atoms with Gasteiger partial charge < -0.3 is 19.6 Å². The van der Waals surface area contributed by atoms with Crippen LogP contribution in [0.25, 0.3) is 0 Å². The van der Waals surface area contributed by atoms with Gasteiger partial charge in [0.1, 0.15) is 17.9 Å². The molecule has 1 amide bonds. The molecule has 0 saturated heterocycles. The fourth-order valence-electron chi connectivity index (χ4n) is 1.08. The molecule has 6 heteroatoms. The average Bonchev–Trinajstić information content (AvgIpc) is 2.20. The summed E-state index contributed by atoms with van der Waals surface area (Å²) in [6.07, 6.45) is 0.316. The minimum absolute atomic E-state index is 0.162. The van der Waals surface area contributed by atoms with Crippen molar-refractivity contribution in [3.8, 4) is 0 Å². The Morgan fingerprint density at radius 2 is 1.94 bits per heavy atom. The summed E-state index contributed by atoms with van der Waals surface area (Å²) in [5.74, 6) is -0.599. The summed E-state index contributed by atoms with van der Waals surface area (Å²) in [5.41, 5.74) is -0.643. The number of hydrogen-bond acceptors (Lipinski definition) is 5. The van der Waals surface area contributed by atoms with E-state index in [0.717, 1.165) is 0 Å². The highest BCUT2D eigenvalue weighted by molar-refractivity contribution is 5.81. The number of nitrogens with one attached hydrogen (secondary N) is 1. The van der Waals surface area contributed by atoms with E-state index in [2.05, 4.69) is 10.1 Å². The normalized spacial score (nSPS) is 12.5. The molecule has 1 N–H and O–H groups in total. The summed E-state index contributed by atoms with van der Waals surface area (Å²) in [4.78, 5) is 33.0. The number of carbonyl (C=O) groups is 3. The van der Waals surface area contributed by atoms with Crippen molar-refractivity contribution in [2.24, 2.45) is 0 Å². The third kappa shape index (κ3) is 7.32. The minimum atomic E-state index is -0.861. The van der Waals surface area contributed by atoms with E-state index in [1.807, 2.05) is 0 Å². The number of esters is 1. The van der Waals surface area contributed by atoms with Crippen LogP contribution in [0.5, 0.6) is 0 Å². The first-order chi connectivity index (χ1) is 7.80. The summed E-state index contributed by atoms with van der Waals surface area (Å²) in [5, 5.41) is 2.36. The Morgan fingerprint density at radius 1 is 1.35 bits per heavy atom. The van der Waals surface area contributed by atoms with Gasteiger partial charge in [-0.2, -0.15) is 0 Å². The predicted molar refractivity (Wildman–Crippen MR) is 60.5 cm³/mol. The van der Waals surface area contributed by atoms with Crippen LogP contribution in [0.1, 0.15) is 33.6 Å². The number of carbonyl (C=O) groups excluding carboxylic acids is 3. The third-order valence-electron chi connectivity index (χ3n) is 1.75. The lowest BCUT2D eigenvalue weighted by Crippen LogP contribution is -2.44. The van der Waals surface area contributed by atoms with Crippen LogP contribution in [0.3, 0.4) is 0 Å². The van der Waals surface area contributed by atoms with Crippen molar-refractivity contribution < 1.29 is 23.9 Å². The molecule has 0 aromatic heterocycles. The lowest BCUT2D eigenvalue weighted by atomic mass is 10.1. The molecule has 6 nitrogen and oxygen atoms in total. The van der Waals surface area contributed by atoms with Crippen molar-refractivity contribution in [3.63, 3.8) is 0 Å². The van der Waals surface area contributed by atoms with Crippen LogP contribution in [0.15, 0.2) is 0 Å². The molecule has 0 spiro atoms. The van der Waals surface area contributed by atoms with Gasteiger partial charge in [-0.1, -0.05) is 0 Å². The van der Waals surface area contributed by atoms with Crippen LogP contribution in [0.4, 0.5) is 4.79 Å². The van der Waals surface area contributed by atoms with Gasteiger partial charge in [0.25, 0.3) is 0 Å². The minimum Gasteiger partial charge on any atom is -0.467 e. The van der Waals surface area contributed by atoms with Gasteiger partial charge in [0, 0.05) is 6.42 Å². The molecular weight excluding hydrogens is 226 g/mol. The topological polar surface area (TPSA) is 81.7 Å². The Balaban J connectivity index is 4.37. The molecule has 0 fully saturated rings. The molecular formula is C11H19NO5. The van der Waals surface area contributed by atoms with Gasteiger partial charge >= 0.3 is 12.1 Å². The van der Waals surface area contributed by atoms with Crippen LogP contribution in [0.2, 0.25) is 0 Å². The summed E-state index contributed by atoms with van der Waals surface area (Å²) < 4.78 is 9.51. The van der Waals surface area contributed by atoms with Crippen molar-refractivity contribution in [2.45, 2.75) is 45.3 Å². The molecule has 1 atom stereocenters. The molecule has 0 radical (unpaired) electrons. The standard InChI is InChI=1S/C11H19NO5/c1-11(2,3)17-10(15)12-8(6-5-7-13)9(14)16-4/h7-8H,5-6H2,1-4H3,(H,12,15)/t8-/m0/s1. The van der Waals surface area contributed by atoms with E-state index in [1.165, 1.54) is 7.11 Å². The first kappa shape index (κ1) is 15.4. The SMILES string of the molecule is COC(=O)[C@H](CCC=O)NC(=O)OC(C)(C)C. The van der Waals surface area contributed by atoms with Crippen LogP contribution in [-0.4, -0.2) is 37.1 Å². The van der Waals surface area contributed by atoms with Crippen molar-refractivity contribution in [1.29, 1.82) is 0 Å². The maximum absolute atomic E-state index is 11.4. The van der Waals surface area contributed by atoms with Crippen molar-refractivity contribution in [1.82, 2.24) is 5.32 Å². The molecule has 0 heterocycles. The summed E-state index contributed by atoms with van der Waals surface area (Å²) in [7, 11) is 1.22. The Kier molecular flexibility index (Phi) is 6.23. The monoisotopic (exact) mass is 245 g/mol. The lowest BCUT2D eigenvalue weighted by Gasteiger charge is -2.22. The third-order valence-corrected chi connectivity index (χ3v) is 1.75. The van der Waals surface area contributed by atoms with Crippen molar-refractivity contribution >= 4 is 18.3 Å². The molecule has 0 unspecified atom stereocenters. The van der Waals surface area contributed by atoms with Gasteiger partial charge in [-0.05, 0) is 27.2 Å². The largest absolute Gasteiger partial charge is 0.467 e. The molecule has 0 rings (SSSR count). The zero-order chi connectivity index (χ0) is 13.5. The second kappa shape index (κ2) is 6.88. The van der Waals surface area contributed by atoms with Gasteiger partial charge in [-0.15, -0.1) is 0 Å². The zero-order valence-electron chi connectivity index (χ0n) is 10.6. The van der Waals surface area contributed by atoms with E-state index in [1.54, 1.807) is 20.8 Å². The molecule has 0 saturated carbocycles. The number of amides is 1. The molecule has 17 heavy (non-hydrogen) atoms. The Labute approximate surface area is 101 Å². The van der Waals surface area contributed by atoms with E-state index in [-0.39, 0.29) is 12.8 Å². The van der Waals surface area contributed by atoms with Crippen LogP contribution >= 0.6 is 0 Å². The summed E-state index contributed by atoms with van der Waals surface area (Å²) in [6.45, 7) is 5.14. The highest BCUT2D eigenvalue weighted by atomic mass is 16.6. The fraction of sp³-hybridized carbons (Fsp3) is 0.727. The summed E-state index contributed by atoms with van der Waals surface area (Å²) in [6, 6.07) is -0.861. The lowest BCUT2D eigenvalue weighted by molar-refractivity contribution is -0.143. The van der Waals surface area contributed by atoms with E-state index in [9.17, 15) is 14.4 Å². The molecule has 0 aliphatic carbocycles. The number of hydrogen-bond donors (Lipinski definition) is 1. The second-order valence-corrected chi connectivity index (χ2v) is 4.47. The Bertz CT molecular complexity index is 282. The average molecular weight is 245 g/mol. The molecule has 0 aromatic rings. The van der Waals surface area contributed by atoms with E-state index in [4.69, 9.17) is 4.74 Å². The fourth-order valence-corrected chi connectivity index (χ4v) is 1.08. The maximum Gasteiger partial charge on any atom is 0.408 e. The highest BCUT2D eigenvalue weighted by Crippen LogP contribution is 2.07. The molecule has 0 aliphatic rings. The highest BCUT2D eigenvalue weighted by Gasteiger charge is 2.24. The molecule has 0 aromatic carbocycles. The predicted octanol–water partition coefficient (Wildman–Crippen LogP) is 1.03. The van der Waals surface area contributed by atoms with E-state index < -0.39 is 23.7 Å². The van der Waals surface area contributed by atoms with Crippen LogP contribution in [-0.2, 0) is 19.1 Å². The van der Waals surface area contributed by atoms with Crippen LogP contribution < -0.4 is 5.32 Å². The first-order valence-electron chi connectivity index (χ1n) is 5.31. The number of methoxy groups -OCH3 is 1. The number of alkyl carbamates (subject to hydrolysis) is 1. The molecule has 98 valence electrons. The van der Waals surface area contributed by atoms with Gasteiger partial charge in [0.05, 0.1) is 7.11 Å².